The monoisotopic (exact) mass is 355 g/mol. The summed E-state index contributed by atoms with van der Waals surface area (Å²) in [6.45, 7) is 3.31. The van der Waals surface area contributed by atoms with E-state index in [1.165, 1.54) is 0 Å². The van der Waals surface area contributed by atoms with Crippen molar-refractivity contribution in [1.29, 1.82) is 0 Å². The second-order valence-electron chi connectivity index (χ2n) is 6.73. The highest BCUT2D eigenvalue weighted by Crippen LogP contribution is 2.27. The molecule has 1 aliphatic rings. The van der Waals surface area contributed by atoms with Crippen LogP contribution in [0.4, 0.5) is 0 Å². The Balaban J connectivity index is 1.71. The van der Waals surface area contributed by atoms with Gasteiger partial charge in [-0.15, -0.1) is 0 Å². The van der Waals surface area contributed by atoms with Crippen molar-refractivity contribution in [3.8, 4) is 11.3 Å². The van der Waals surface area contributed by atoms with E-state index in [0.717, 1.165) is 29.7 Å². The minimum atomic E-state index is -3.46. The molecule has 1 saturated heterocycles. The van der Waals surface area contributed by atoms with E-state index in [-0.39, 0.29) is 0 Å². The molecule has 130 valence electrons. The van der Waals surface area contributed by atoms with E-state index in [1.54, 1.807) is 22.5 Å². The van der Waals surface area contributed by atoms with E-state index in [1.807, 2.05) is 41.1 Å². The quantitative estimate of drug-likeness (QED) is 0.723. The SMILES string of the molecule is C[C@H]1CCCN(S(=O)(=O)c2cccc(-c3cn4ccccc4n3)c2)C1. The van der Waals surface area contributed by atoms with Crippen LogP contribution in [0.1, 0.15) is 19.8 Å². The van der Waals surface area contributed by atoms with Gasteiger partial charge >= 0.3 is 0 Å². The van der Waals surface area contributed by atoms with Crippen molar-refractivity contribution in [2.24, 2.45) is 5.92 Å². The van der Waals surface area contributed by atoms with Crippen LogP contribution < -0.4 is 0 Å². The molecule has 1 fully saturated rings. The number of nitrogens with zero attached hydrogens (tertiary/aromatic N) is 3. The van der Waals surface area contributed by atoms with Gasteiger partial charge in [0.2, 0.25) is 10.0 Å². The number of sulfonamides is 1. The molecule has 0 unspecified atom stereocenters. The predicted molar refractivity (Wildman–Crippen MR) is 97.8 cm³/mol. The van der Waals surface area contributed by atoms with Crippen LogP contribution in [0.2, 0.25) is 0 Å². The van der Waals surface area contributed by atoms with E-state index in [0.29, 0.717) is 23.9 Å². The van der Waals surface area contributed by atoms with Crippen molar-refractivity contribution >= 4 is 15.7 Å². The van der Waals surface area contributed by atoms with Gasteiger partial charge in [0.25, 0.3) is 0 Å². The lowest BCUT2D eigenvalue weighted by molar-refractivity contribution is 0.281. The van der Waals surface area contributed by atoms with Crippen LogP contribution in [0.3, 0.4) is 0 Å². The van der Waals surface area contributed by atoms with Crippen molar-refractivity contribution in [1.82, 2.24) is 13.7 Å². The first-order valence-corrected chi connectivity index (χ1v) is 10.0. The summed E-state index contributed by atoms with van der Waals surface area (Å²) in [6.07, 6.45) is 5.87. The largest absolute Gasteiger partial charge is 0.306 e. The highest BCUT2D eigenvalue weighted by molar-refractivity contribution is 7.89. The molecule has 0 spiro atoms. The highest BCUT2D eigenvalue weighted by Gasteiger charge is 2.28. The first kappa shape index (κ1) is 16.3. The Morgan fingerprint density at radius 1 is 1.16 bits per heavy atom. The lowest BCUT2D eigenvalue weighted by Crippen LogP contribution is -2.39. The maximum absolute atomic E-state index is 13.0. The average Bonchev–Trinajstić information content (AvgIpc) is 3.06. The zero-order valence-corrected chi connectivity index (χ0v) is 15.0. The zero-order valence-electron chi connectivity index (χ0n) is 14.2. The van der Waals surface area contributed by atoms with Crippen molar-refractivity contribution < 1.29 is 8.42 Å². The highest BCUT2D eigenvalue weighted by atomic mass is 32.2. The number of rotatable bonds is 3. The molecule has 0 saturated carbocycles. The van der Waals surface area contributed by atoms with E-state index >= 15 is 0 Å². The number of hydrogen-bond donors (Lipinski definition) is 0. The summed E-state index contributed by atoms with van der Waals surface area (Å²) in [7, 11) is -3.46. The average molecular weight is 355 g/mol. The molecule has 2 aromatic heterocycles. The second-order valence-corrected chi connectivity index (χ2v) is 8.67. The van der Waals surface area contributed by atoms with Gasteiger partial charge in [0, 0.05) is 31.0 Å². The van der Waals surface area contributed by atoms with Crippen LogP contribution in [0, 0.1) is 5.92 Å². The number of hydrogen-bond acceptors (Lipinski definition) is 3. The summed E-state index contributed by atoms with van der Waals surface area (Å²) in [5.74, 6) is 0.408. The fraction of sp³-hybridized carbons (Fsp3) is 0.316. The third-order valence-electron chi connectivity index (χ3n) is 4.75. The molecule has 4 rings (SSSR count). The normalized spacial score (nSPS) is 19.3. The molecule has 0 amide bonds. The first-order valence-electron chi connectivity index (χ1n) is 8.58. The molecular weight excluding hydrogens is 334 g/mol. The Kier molecular flexibility index (Phi) is 4.09. The molecule has 1 aromatic carbocycles. The molecule has 1 aliphatic heterocycles. The molecule has 5 nitrogen and oxygen atoms in total. The lowest BCUT2D eigenvalue weighted by atomic mass is 10.0. The summed E-state index contributed by atoms with van der Waals surface area (Å²) < 4.78 is 29.5. The van der Waals surface area contributed by atoms with Crippen molar-refractivity contribution in [3.63, 3.8) is 0 Å². The number of fused-ring (bicyclic) bond motifs is 1. The summed E-state index contributed by atoms with van der Waals surface area (Å²) >= 11 is 0. The molecule has 0 N–H and O–H groups in total. The Labute approximate surface area is 148 Å². The lowest BCUT2D eigenvalue weighted by Gasteiger charge is -2.30. The number of pyridine rings is 1. The third kappa shape index (κ3) is 3.07. The van der Waals surface area contributed by atoms with Crippen molar-refractivity contribution in [2.45, 2.75) is 24.7 Å². The molecule has 6 heteroatoms. The van der Waals surface area contributed by atoms with Crippen LogP contribution >= 0.6 is 0 Å². The molecule has 1 atom stereocenters. The maximum atomic E-state index is 13.0. The first-order chi connectivity index (χ1) is 12.0. The summed E-state index contributed by atoms with van der Waals surface area (Å²) in [6, 6.07) is 12.9. The number of piperidine rings is 1. The smallest absolute Gasteiger partial charge is 0.243 e. The van der Waals surface area contributed by atoms with Crippen LogP contribution in [0.15, 0.2) is 59.8 Å². The Morgan fingerprint density at radius 2 is 2.04 bits per heavy atom. The molecule has 0 bridgehead atoms. The van der Waals surface area contributed by atoms with Gasteiger partial charge in [-0.25, -0.2) is 13.4 Å². The van der Waals surface area contributed by atoms with Gasteiger partial charge in [0.1, 0.15) is 5.65 Å². The number of benzene rings is 1. The van der Waals surface area contributed by atoms with Gasteiger partial charge < -0.3 is 4.40 Å². The van der Waals surface area contributed by atoms with Gasteiger partial charge in [-0.1, -0.05) is 25.1 Å². The fourth-order valence-electron chi connectivity index (χ4n) is 3.40. The Morgan fingerprint density at radius 3 is 2.84 bits per heavy atom. The summed E-state index contributed by atoms with van der Waals surface area (Å²) in [5, 5.41) is 0. The van der Waals surface area contributed by atoms with E-state index < -0.39 is 10.0 Å². The van der Waals surface area contributed by atoms with Gasteiger partial charge in [0.05, 0.1) is 10.6 Å². The minimum Gasteiger partial charge on any atom is -0.306 e. The third-order valence-corrected chi connectivity index (χ3v) is 6.61. The molecule has 3 heterocycles. The van der Waals surface area contributed by atoms with Crippen LogP contribution in [-0.2, 0) is 10.0 Å². The molecule has 0 radical (unpaired) electrons. The molecule has 3 aromatic rings. The van der Waals surface area contributed by atoms with Gasteiger partial charge in [-0.05, 0) is 43.0 Å². The second kappa shape index (κ2) is 6.28. The van der Waals surface area contributed by atoms with Crippen molar-refractivity contribution in [3.05, 3.63) is 54.9 Å². The Hall–Kier alpha value is -2.18. The zero-order chi connectivity index (χ0) is 17.4. The topological polar surface area (TPSA) is 54.7 Å². The van der Waals surface area contributed by atoms with Crippen LogP contribution in [0.5, 0.6) is 0 Å². The molecule has 25 heavy (non-hydrogen) atoms. The van der Waals surface area contributed by atoms with Gasteiger partial charge in [0.15, 0.2) is 0 Å². The van der Waals surface area contributed by atoms with E-state index in [4.69, 9.17) is 0 Å². The maximum Gasteiger partial charge on any atom is 0.243 e. The van der Waals surface area contributed by atoms with Crippen LogP contribution in [0.25, 0.3) is 16.9 Å². The molecule has 0 aliphatic carbocycles. The van der Waals surface area contributed by atoms with E-state index in [2.05, 4.69) is 11.9 Å². The van der Waals surface area contributed by atoms with Crippen LogP contribution in [-0.4, -0.2) is 35.2 Å². The summed E-state index contributed by atoms with van der Waals surface area (Å²) in [5.41, 5.74) is 2.43. The van der Waals surface area contributed by atoms with Gasteiger partial charge in [-0.2, -0.15) is 4.31 Å². The minimum absolute atomic E-state index is 0.344. The standard InChI is InChI=1S/C19H21N3O2S/c1-15-6-5-11-22(13-15)25(23,24)17-8-4-7-16(12-17)18-14-21-10-3-2-9-19(21)20-18/h2-4,7-10,12,14-15H,5-6,11,13H2,1H3/t15-/m0/s1. The summed E-state index contributed by atoms with van der Waals surface area (Å²) in [4.78, 5) is 4.93. The predicted octanol–water partition coefficient (Wildman–Crippen LogP) is 3.42. The fourth-order valence-corrected chi connectivity index (χ4v) is 5.05. The number of aromatic nitrogens is 2. The van der Waals surface area contributed by atoms with E-state index in [9.17, 15) is 8.42 Å². The Bertz CT molecular complexity index is 977. The number of imidazole rings is 1. The van der Waals surface area contributed by atoms with Gasteiger partial charge in [-0.3, -0.25) is 0 Å². The van der Waals surface area contributed by atoms with Crippen molar-refractivity contribution in [2.75, 3.05) is 13.1 Å². The molecular formula is C19H21N3O2S.